The number of hydrazone groups is 1. The first kappa shape index (κ1) is 16.9. The summed E-state index contributed by atoms with van der Waals surface area (Å²) in [7, 11) is 0. The van der Waals surface area contributed by atoms with Crippen LogP contribution < -0.4 is 10.3 Å². The molecule has 0 amide bonds. The van der Waals surface area contributed by atoms with Gasteiger partial charge in [0.1, 0.15) is 5.69 Å². The van der Waals surface area contributed by atoms with Crippen LogP contribution in [0.5, 0.6) is 0 Å². The summed E-state index contributed by atoms with van der Waals surface area (Å²) in [4.78, 5) is 13.1. The van der Waals surface area contributed by atoms with Gasteiger partial charge in [-0.05, 0) is 24.6 Å². The van der Waals surface area contributed by atoms with Gasteiger partial charge in [0.2, 0.25) is 0 Å². The van der Waals surface area contributed by atoms with Crippen LogP contribution in [0.2, 0.25) is 0 Å². The molecule has 0 bridgehead atoms. The second-order valence-corrected chi connectivity index (χ2v) is 5.79. The number of hydrogen-bond acceptors (Lipinski definition) is 6. The molecular weight excluding hydrogens is 320 g/mol. The van der Waals surface area contributed by atoms with Crippen LogP contribution in [0.15, 0.2) is 47.6 Å². The highest BCUT2D eigenvalue weighted by Crippen LogP contribution is 2.29. The molecule has 2 aromatic carbocycles. The van der Waals surface area contributed by atoms with Gasteiger partial charge in [-0.1, -0.05) is 24.3 Å². The fourth-order valence-corrected chi connectivity index (χ4v) is 2.71. The lowest BCUT2D eigenvalue weighted by atomic mass is 10.1. The molecule has 0 aliphatic carbocycles. The number of hydrogen-bond donors (Lipinski definition) is 1. The van der Waals surface area contributed by atoms with Crippen LogP contribution in [0.1, 0.15) is 11.1 Å². The van der Waals surface area contributed by atoms with Crippen LogP contribution in [-0.4, -0.2) is 37.4 Å². The lowest BCUT2D eigenvalue weighted by Gasteiger charge is -2.28. The lowest BCUT2D eigenvalue weighted by molar-refractivity contribution is -0.384. The molecule has 0 spiro atoms. The minimum atomic E-state index is -0.350. The van der Waals surface area contributed by atoms with Crippen molar-refractivity contribution in [3.05, 3.63) is 63.7 Å². The number of morpholine rings is 1. The van der Waals surface area contributed by atoms with E-state index in [0.29, 0.717) is 37.6 Å². The first-order valence-corrected chi connectivity index (χ1v) is 8.11. The number of rotatable bonds is 5. The minimum Gasteiger partial charge on any atom is -0.378 e. The Hall–Kier alpha value is -2.93. The number of aryl methyl sites for hydroxylation is 1. The normalized spacial score (nSPS) is 14.7. The van der Waals surface area contributed by atoms with E-state index in [1.165, 1.54) is 0 Å². The van der Waals surface area contributed by atoms with Crippen molar-refractivity contribution < 1.29 is 9.66 Å². The molecule has 25 heavy (non-hydrogen) atoms. The molecule has 7 nitrogen and oxygen atoms in total. The summed E-state index contributed by atoms with van der Waals surface area (Å²) in [6, 6.07) is 13.0. The molecule has 1 heterocycles. The molecule has 0 unspecified atom stereocenters. The number of para-hydroxylation sites is 1. The zero-order valence-electron chi connectivity index (χ0n) is 14.0. The molecule has 0 radical (unpaired) electrons. The molecule has 130 valence electrons. The van der Waals surface area contributed by atoms with E-state index in [2.05, 4.69) is 10.5 Å². The Balaban J connectivity index is 1.78. The summed E-state index contributed by atoms with van der Waals surface area (Å²) in [5.41, 5.74) is 6.32. The van der Waals surface area contributed by atoms with E-state index in [-0.39, 0.29) is 10.6 Å². The Morgan fingerprint density at radius 3 is 2.72 bits per heavy atom. The van der Waals surface area contributed by atoms with Gasteiger partial charge in [-0.2, -0.15) is 5.10 Å². The van der Waals surface area contributed by atoms with Gasteiger partial charge < -0.3 is 9.64 Å². The van der Waals surface area contributed by atoms with Gasteiger partial charge in [0.15, 0.2) is 0 Å². The molecule has 7 heteroatoms. The number of nitrogens with one attached hydrogen (secondary N) is 1. The third-order valence-electron chi connectivity index (χ3n) is 4.09. The Kier molecular flexibility index (Phi) is 5.25. The summed E-state index contributed by atoms with van der Waals surface area (Å²) in [5.74, 6) is 0. The van der Waals surface area contributed by atoms with Crippen molar-refractivity contribution >= 4 is 23.3 Å². The summed E-state index contributed by atoms with van der Waals surface area (Å²) in [5, 5.41) is 15.6. The second kappa shape index (κ2) is 7.76. The zero-order valence-corrected chi connectivity index (χ0v) is 14.0. The van der Waals surface area contributed by atoms with Crippen LogP contribution in [0.4, 0.5) is 17.1 Å². The quantitative estimate of drug-likeness (QED) is 0.514. The van der Waals surface area contributed by atoms with Crippen molar-refractivity contribution in [3.63, 3.8) is 0 Å². The van der Waals surface area contributed by atoms with Gasteiger partial charge in [-0.3, -0.25) is 15.5 Å². The number of nitro groups is 1. The van der Waals surface area contributed by atoms with Gasteiger partial charge in [-0.25, -0.2) is 0 Å². The maximum atomic E-state index is 11.4. The molecule has 1 saturated heterocycles. The van der Waals surface area contributed by atoms with Crippen molar-refractivity contribution in [1.82, 2.24) is 0 Å². The Labute approximate surface area is 146 Å². The standard InChI is InChI=1S/C18H20N4O3/c1-14-4-2-3-5-16(14)20-19-13-15-6-7-17(18(12-15)22(23)24)21-8-10-25-11-9-21/h2-7,12-13,20H,8-11H2,1H3/b19-13+. The molecule has 0 atom stereocenters. The Bertz CT molecular complexity index is 786. The molecule has 0 aromatic heterocycles. The minimum absolute atomic E-state index is 0.0849. The summed E-state index contributed by atoms with van der Waals surface area (Å²) in [6.07, 6.45) is 1.59. The summed E-state index contributed by atoms with van der Waals surface area (Å²) in [6.45, 7) is 4.47. The topological polar surface area (TPSA) is 80.0 Å². The fourth-order valence-electron chi connectivity index (χ4n) is 2.71. The van der Waals surface area contributed by atoms with Gasteiger partial charge >= 0.3 is 0 Å². The SMILES string of the molecule is Cc1ccccc1N/N=C/c1ccc(N2CCOCC2)c([N+](=O)[O-])c1. The molecule has 1 aliphatic heterocycles. The van der Waals surface area contributed by atoms with Crippen LogP contribution in [-0.2, 0) is 4.74 Å². The molecule has 1 aliphatic rings. The maximum Gasteiger partial charge on any atom is 0.293 e. The highest BCUT2D eigenvalue weighted by atomic mass is 16.6. The van der Waals surface area contributed by atoms with Crippen molar-refractivity contribution in [3.8, 4) is 0 Å². The predicted octanol–water partition coefficient (Wildman–Crippen LogP) is 3.19. The fraction of sp³-hybridized carbons (Fsp3) is 0.278. The first-order valence-electron chi connectivity index (χ1n) is 8.11. The number of anilines is 2. The molecular formula is C18H20N4O3. The van der Waals surface area contributed by atoms with Gasteiger partial charge in [0, 0.05) is 24.7 Å². The number of benzene rings is 2. The van der Waals surface area contributed by atoms with E-state index in [4.69, 9.17) is 4.74 Å². The van der Waals surface area contributed by atoms with Crippen molar-refractivity contribution in [1.29, 1.82) is 0 Å². The Morgan fingerprint density at radius 2 is 2.00 bits per heavy atom. The lowest BCUT2D eigenvalue weighted by Crippen LogP contribution is -2.36. The van der Waals surface area contributed by atoms with E-state index in [9.17, 15) is 10.1 Å². The maximum absolute atomic E-state index is 11.4. The van der Waals surface area contributed by atoms with E-state index in [1.807, 2.05) is 42.2 Å². The van der Waals surface area contributed by atoms with Gasteiger partial charge in [-0.15, -0.1) is 0 Å². The zero-order chi connectivity index (χ0) is 17.6. The number of nitro benzene ring substituents is 1. The largest absolute Gasteiger partial charge is 0.378 e. The van der Waals surface area contributed by atoms with Crippen molar-refractivity contribution in [2.75, 3.05) is 36.6 Å². The average Bonchev–Trinajstić information content (AvgIpc) is 2.64. The number of ether oxygens (including phenoxy) is 1. The van der Waals surface area contributed by atoms with Crippen LogP contribution >= 0.6 is 0 Å². The van der Waals surface area contributed by atoms with Crippen LogP contribution in [0.25, 0.3) is 0 Å². The van der Waals surface area contributed by atoms with E-state index < -0.39 is 0 Å². The first-order chi connectivity index (χ1) is 12.1. The van der Waals surface area contributed by atoms with Crippen molar-refractivity contribution in [2.24, 2.45) is 5.10 Å². The molecule has 0 saturated carbocycles. The highest BCUT2D eigenvalue weighted by Gasteiger charge is 2.21. The number of nitrogens with zero attached hydrogens (tertiary/aromatic N) is 3. The van der Waals surface area contributed by atoms with Gasteiger partial charge in [0.25, 0.3) is 5.69 Å². The van der Waals surface area contributed by atoms with Gasteiger partial charge in [0.05, 0.1) is 30.0 Å². The summed E-state index contributed by atoms with van der Waals surface area (Å²) >= 11 is 0. The third kappa shape index (κ3) is 4.13. The molecule has 1 fully saturated rings. The molecule has 1 N–H and O–H groups in total. The third-order valence-corrected chi connectivity index (χ3v) is 4.09. The summed E-state index contributed by atoms with van der Waals surface area (Å²) < 4.78 is 5.31. The van der Waals surface area contributed by atoms with E-state index in [0.717, 1.165) is 11.3 Å². The van der Waals surface area contributed by atoms with Crippen LogP contribution in [0, 0.1) is 17.0 Å². The second-order valence-electron chi connectivity index (χ2n) is 5.79. The van der Waals surface area contributed by atoms with Crippen LogP contribution in [0.3, 0.4) is 0 Å². The highest BCUT2D eigenvalue weighted by molar-refractivity contribution is 5.83. The average molecular weight is 340 g/mol. The Morgan fingerprint density at radius 1 is 1.24 bits per heavy atom. The van der Waals surface area contributed by atoms with E-state index >= 15 is 0 Å². The van der Waals surface area contributed by atoms with Crippen molar-refractivity contribution in [2.45, 2.75) is 6.92 Å². The smallest absolute Gasteiger partial charge is 0.293 e. The molecule has 3 rings (SSSR count). The predicted molar refractivity (Wildman–Crippen MR) is 98.5 cm³/mol. The monoisotopic (exact) mass is 340 g/mol. The molecule has 2 aromatic rings. The van der Waals surface area contributed by atoms with E-state index in [1.54, 1.807) is 18.3 Å².